The van der Waals surface area contributed by atoms with E-state index in [0.29, 0.717) is 17.6 Å². The van der Waals surface area contributed by atoms with Crippen LogP contribution in [0.25, 0.3) is 0 Å². The van der Waals surface area contributed by atoms with Gasteiger partial charge < -0.3 is 4.74 Å². The van der Waals surface area contributed by atoms with Crippen molar-refractivity contribution in [1.82, 2.24) is 5.32 Å². The highest BCUT2D eigenvalue weighted by molar-refractivity contribution is 4.84. The molecule has 0 aromatic carbocycles. The first-order chi connectivity index (χ1) is 8.57. The maximum Gasteiger partial charge on any atom is 0.111 e. The van der Waals surface area contributed by atoms with Gasteiger partial charge in [0.05, 0.1) is 6.61 Å². The molecule has 18 heavy (non-hydrogen) atoms. The van der Waals surface area contributed by atoms with Gasteiger partial charge in [-0.2, -0.15) is 0 Å². The molecule has 0 bridgehead atoms. The molecular formula is C16H31NO. The first-order valence-electron chi connectivity index (χ1n) is 7.92. The molecule has 2 rings (SSSR count). The summed E-state index contributed by atoms with van der Waals surface area (Å²) in [6.07, 6.45) is 9.92. The first-order valence-corrected chi connectivity index (χ1v) is 7.92. The molecule has 0 spiro atoms. The zero-order valence-corrected chi connectivity index (χ0v) is 12.5. The lowest BCUT2D eigenvalue weighted by Gasteiger charge is -2.41. The molecule has 2 aliphatic rings. The van der Waals surface area contributed by atoms with Gasteiger partial charge in [-0.1, -0.05) is 40.0 Å². The number of rotatable bonds is 3. The Kier molecular flexibility index (Phi) is 5.08. The molecule has 0 radical (unpaired) electrons. The summed E-state index contributed by atoms with van der Waals surface area (Å²) >= 11 is 0. The third kappa shape index (κ3) is 3.96. The molecule has 1 N–H and O–H groups in total. The zero-order chi connectivity index (χ0) is 13.0. The third-order valence-electron chi connectivity index (χ3n) is 4.75. The average Bonchev–Trinajstić information content (AvgIpc) is 2.37. The summed E-state index contributed by atoms with van der Waals surface area (Å²) in [4.78, 5) is 0. The van der Waals surface area contributed by atoms with E-state index in [1.54, 1.807) is 0 Å². The van der Waals surface area contributed by atoms with Crippen molar-refractivity contribution in [3.05, 3.63) is 0 Å². The number of hydrogen-bond acceptors (Lipinski definition) is 2. The van der Waals surface area contributed by atoms with Crippen molar-refractivity contribution >= 4 is 0 Å². The van der Waals surface area contributed by atoms with Crippen LogP contribution in [0.1, 0.15) is 65.7 Å². The summed E-state index contributed by atoms with van der Waals surface area (Å²) in [5.74, 6) is 1.48. The maximum absolute atomic E-state index is 6.25. The van der Waals surface area contributed by atoms with E-state index in [2.05, 4.69) is 26.1 Å². The summed E-state index contributed by atoms with van der Waals surface area (Å²) < 4.78 is 6.25. The molecular weight excluding hydrogens is 222 g/mol. The molecule has 2 nitrogen and oxygen atoms in total. The number of nitrogens with one attached hydrogen (secondary N) is 1. The Bertz CT molecular complexity index is 240. The van der Waals surface area contributed by atoms with Gasteiger partial charge in [0.25, 0.3) is 0 Å². The van der Waals surface area contributed by atoms with Gasteiger partial charge in [0.2, 0.25) is 0 Å². The van der Waals surface area contributed by atoms with Crippen LogP contribution < -0.4 is 5.32 Å². The molecule has 1 saturated heterocycles. The van der Waals surface area contributed by atoms with Crippen LogP contribution in [0, 0.1) is 17.3 Å². The van der Waals surface area contributed by atoms with Crippen molar-refractivity contribution in [3.8, 4) is 0 Å². The van der Waals surface area contributed by atoms with Gasteiger partial charge in [0.15, 0.2) is 0 Å². The molecule has 2 atom stereocenters. The Morgan fingerprint density at radius 2 is 1.72 bits per heavy atom. The lowest BCUT2D eigenvalue weighted by Crippen LogP contribution is -2.48. The largest absolute Gasteiger partial charge is 0.363 e. The van der Waals surface area contributed by atoms with Crippen LogP contribution in [-0.4, -0.2) is 19.4 Å². The molecule has 1 saturated carbocycles. The normalized spacial score (nSPS) is 31.5. The fraction of sp³-hybridized carbons (Fsp3) is 1.00. The predicted octanol–water partition coefficient (Wildman–Crippen LogP) is 3.96. The summed E-state index contributed by atoms with van der Waals surface area (Å²) in [6.45, 7) is 9.15. The number of hydrogen-bond donors (Lipinski definition) is 1. The number of ether oxygens (including phenoxy) is 1. The van der Waals surface area contributed by atoms with E-state index in [-0.39, 0.29) is 0 Å². The van der Waals surface area contributed by atoms with E-state index in [0.717, 1.165) is 19.1 Å². The topological polar surface area (TPSA) is 21.3 Å². The highest BCUT2D eigenvalue weighted by atomic mass is 16.5. The quantitative estimate of drug-likeness (QED) is 0.822. The van der Waals surface area contributed by atoms with Gasteiger partial charge in [-0.25, -0.2) is 0 Å². The van der Waals surface area contributed by atoms with Crippen LogP contribution in [0.4, 0.5) is 0 Å². The van der Waals surface area contributed by atoms with Gasteiger partial charge in [0, 0.05) is 5.92 Å². The molecule has 1 aliphatic heterocycles. The second-order valence-electron chi connectivity index (χ2n) is 7.33. The standard InChI is InChI=1S/C16H31NO/c1-16(2,3)14-10-7-11-17-15(14)18-12-13-8-5-4-6-9-13/h13-15,17H,4-12H2,1-3H3. The molecule has 0 amide bonds. The van der Waals surface area contributed by atoms with Crippen molar-refractivity contribution in [2.45, 2.75) is 71.9 Å². The smallest absolute Gasteiger partial charge is 0.111 e. The highest BCUT2D eigenvalue weighted by Crippen LogP contribution is 2.35. The molecule has 0 aromatic heterocycles. The Hall–Kier alpha value is -0.0800. The van der Waals surface area contributed by atoms with Crippen LogP contribution in [0.15, 0.2) is 0 Å². The summed E-state index contributed by atoms with van der Waals surface area (Å²) in [5, 5.41) is 3.59. The van der Waals surface area contributed by atoms with Crippen LogP contribution >= 0.6 is 0 Å². The molecule has 1 heterocycles. The predicted molar refractivity (Wildman–Crippen MR) is 76.5 cm³/mol. The Morgan fingerprint density at radius 1 is 1.00 bits per heavy atom. The van der Waals surface area contributed by atoms with E-state index in [4.69, 9.17) is 4.74 Å². The van der Waals surface area contributed by atoms with Crippen LogP contribution in [0.5, 0.6) is 0 Å². The second-order valence-corrected chi connectivity index (χ2v) is 7.33. The van der Waals surface area contributed by atoms with Crippen LogP contribution in [0.2, 0.25) is 0 Å². The van der Waals surface area contributed by atoms with Crippen molar-refractivity contribution in [2.75, 3.05) is 13.2 Å². The van der Waals surface area contributed by atoms with Crippen molar-refractivity contribution in [3.63, 3.8) is 0 Å². The van der Waals surface area contributed by atoms with Crippen molar-refractivity contribution in [1.29, 1.82) is 0 Å². The molecule has 1 aliphatic carbocycles. The zero-order valence-electron chi connectivity index (χ0n) is 12.5. The van der Waals surface area contributed by atoms with Crippen molar-refractivity contribution in [2.24, 2.45) is 17.3 Å². The summed E-state index contributed by atoms with van der Waals surface area (Å²) in [5.41, 5.74) is 0.352. The molecule has 2 heteroatoms. The fourth-order valence-electron chi connectivity index (χ4n) is 3.52. The third-order valence-corrected chi connectivity index (χ3v) is 4.75. The lowest BCUT2D eigenvalue weighted by molar-refractivity contribution is -0.0757. The Labute approximate surface area is 113 Å². The first kappa shape index (κ1) is 14.3. The van der Waals surface area contributed by atoms with E-state index in [1.165, 1.54) is 44.9 Å². The fourth-order valence-corrected chi connectivity index (χ4v) is 3.52. The minimum atomic E-state index is 0.292. The molecule has 2 unspecified atom stereocenters. The summed E-state index contributed by atoms with van der Waals surface area (Å²) in [6, 6.07) is 0. The summed E-state index contributed by atoms with van der Waals surface area (Å²) in [7, 11) is 0. The van der Waals surface area contributed by atoms with Crippen LogP contribution in [0.3, 0.4) is 0 Å². The van der Waals surface area contributed by atoms with Gasteiger partial charge in [0.1, 0.15) is 6.23 Å². The van der Waals surface area contributed by atoms with E-state index in [1.807, 2.05) is 0 Å². The number of piperidine rings is 1. The Morgan fingerprint density at radius 3 is 2.39 bits per heavy atom. The molecule has 106 valence electrons. The van der Waals surface area contributed by atoms with Gasteiger partial charge in [-0.05, 0) is 43.6 Å². The monoisotopic (exact) mass is 253 g/mol. The molecule has 0 aromatic rings. The van der Waals surface area contributed by atoms with Crippen molar-refractivity contribution < 1.29 is 4.74 Å². The SMILES string of the molecule is CC(C)(C)C1CCCNC1OCC1CCCCC1. The second kappa shape index (κ2) is 6.38. The van der Waals surface area contributed by atoms with E-state index < -0.39 is 0 Å². The van der Waals surface area contributed by atoms with Gasteiger partial charge >= 0.3 is 0 Å². The minimum absolute atomic E-state index is 0.292. The molecule has 2 fully saturated rings. The highest BCUT2D eigenvalue weighted by Gasteiger charge is 2.35. The van der Waals surface area contributed by atoms with Crippen LogP contribution in [-0.2, 0) is 4.74 Å². The minimum Gasteiger partial charge on any atom is -0.363 e. The average molecular weight is 253 g/mol. The van der Waals surface area contributed by atoms with E-state index >= 15 is 0 Å². The van der Waals surface area contributed by atoms with Gasteiger partial charge in [-0.15, -0.1) is 0 Å². The van der Waals surface area contributed by atoms with Gasteiger partial charge in [-0.3, -0.25) is 5.32 Å². The Balaban J connectivity index is 1.81. The maximum atomic E-state index is 6.25. The van der Waals surface area contributed by atoms with E-state index in [9.17, 15) is 0 Å². The lowest BCUT2D eigenvalue weighted by atomic mass is 9.75.